The van der Waals surface area contributed by atoms with Crippen molar-refractivity contribution in [1.82, 2.24) is 15.5 Å². The van der Waals surface area contributed by atoms with E-state index in [2.05, 4.69) is 24.5 Å². The zero-order valence-corrected chi connectivity index (χ0v) is 16.7. The topological polar surface area (TPSA) is 95.6 Å². The van der Waals surface area contributed by atoms with Gasteiger partial charge in [0.25, 0.3) is 5.91 Å². The summed E-state index contributed by atoms with van der Waals surface area (Å²) >= 11 is 0. The average Bonchev–Trinajstić information content (AvgIpc) is 3.44. The molecular weight excluding hydrogens is 346 g/mol. The van der Waals surface area contributed by atoms with Gasteiger partial charge in [-0.15, -0.1) is 0 Å². The lowest BCUT2D eigenvalue weighted by atomic mass is 9.99. The number of nitrogens with zero attached hydrogens (tertiary/aromatic N) is 1. The molecule has 2 aliphatic carbocycles. The highest BCUT2D eigenvalue weighted by atomic mass is 16.2. The molecule has 2 N–H and O–H groups in total. The second-order valence-electron chi connectivity index (χ2n) is 8.89. The third-order valence-electron chi connectivity index (χ3n) is 6.50. The van der Waals surface area contributed by atoms with Crippen molar-refractivity contribution < 1.29 is 19.2 Å². The molecule has 0 aromatic heterocycles. The summed E-state index contributed by atoms with van der Waals surface area (Å²) in [4.78, 5) is 51.4. The molecule has 4 unspecified atom stereocenters. The van der Waals surface area contributed by atoms with Gasteiger partial charge in [-0.25, -0.2) is 0 Å². The van der Waals surface area contributed by atoms with Crippen molar-refractivity contribution in [2.75, 3.05) is 6.54 Å². The maximum atomic E-state index is 13.0. The van der Waals surface area contributed by atoms with Gasteiger partial charge in [-0.3, -0.25) is 19.2 Å². The Kier molecular flexibility index (Phi) is 5.32. The monoisotopic (exact) mass is 377 g/mol. The van der Waals surface area contributed by atoms with E-state index in [0.29, 0.717) is 18.9 Å². The van der Waals surface area contributed by atoms with Crippen LogP contribution in [0.2, 0.25) is 0 Å². The Hall–Kier alpha value is -1.92. The molecule has 7 heteroatoms. The molecule has 2 saturated carbocycles. The Morgan fingerprint density at radius 1 is 1.19 bits per heavy atom. The van der Waals surface area contributed by atoms with Crippen LogP contribution in [0.3, 0.4) is 0 Å². The molecule has 0 aromatic rings. The van der Waals surface area contributed by atoms with Gasteiger partial charge in [0.05, 0.1) is 6.04 Å². The van der Waals surface area contributed by atoms with Crippen molar-refractivity contribution in [2.24, 2.45) is 17.3 Å². The molecule has 7 nitrogen and oxygen atoms in total. The average molecular weight is 377 g/mol. The molecule has 0 radical (unpaired) electrons. The molecule has 1 saturated heterocycles. The number of hydrogen-bond acceptors (Lipinski definition) is 4. The van der Waals surface area contributed by atoms with E-state index in [9.17, 15) is 19.2 Å². The van der Waals surface area contributed by atoms with Crippen LogP contribution in [0, 0.1) is 17.3 Å². The van der Waals surface area contributed by atoms with Crippen LogP contribution < -0.4 is 10.6 Å². The van der Waals surface area contributed by atoms with Gasteiger partial charge >= 0.3 is 0 Å². The fraction of sp³-hybridized carbons (Fsp3) is 0.800. The first-order valence-electron chi connectivity index (χ1n) is 10.1. The van der Waals surface area contributed by atoms with Crippen LogP contribution in [0.5, 0.6) is 0 Å². The smallest absolute Gasteiger partial charge is 0.289 e. The van der Waals surface area contributed by atoms with Crippen LogP contribution in [0.4, 0.5) is 0 Å². The van der Waals surface area contributed by atoms with E-state index in [0.717, 1.165) is 25.7 Å². The van der Waals surface area contributed by atoms with Crippen molar-refractivity contribution >= 4 is 23.5 Å². The number of nitrogens with one attached hydrogen (secondary N) is 2. The number of fused-ring (bicyclic) bond motifs is 1. The van der Waals surface area contributed by atoms with Crippen molar-refractivity contribution in [3.8, 4) is 0 Å². The molecule has 0 bridgehead atoms. The van der Waals surface area contributed by atoms with Crippen LogP contribution >= 0.6 is 0 Å². The third kappa shape index (κ3) is 3.87. The van der Waals surface area contributed by atoms with Gasteiger partial charge in [-0.1, -0.05) is 33.6 Å². The lowest BCUT2D eigenvalue weighted by molar-refractivity contribution is -0.142. The number of carbonyl (C=O) groups is 4. The zero-order chi connectivity index (χ0) is 19.9. The Bertz CT molecular complexity index is 656. The standard InChI is InChI=1S/C20H31N3O4/c1-5-6-7-14(17(25)19(27)21-12-8-9-12)22-18(26)16-15-13(20(15,3)4)10-23(16)11(2)24/h12-16H,5-10H2,1-4H3,(H,21,27)(H,22,26). The second-order valence-corrected chi connectivity index (χ2v) is 8.89. The summed E-state index contributed by atoms with van der Waals surface area (Å²) in [6.07, 6.45) is 3.84. The number of rotatable bonds is 8. The molecule has 0 spiro atoms. The van der Waals surface area contributed by atoms with E-state index in [1.54, 1.807) is 4.90 Å². The number of unbranched alkanes of at least 4 members (excludes halogenated alkanes) is 1. The summed E-state index contributed by atoms with van der Waals surface area (Å²) in [5.41, 5.74) is 0.0280. The molecular formula is C20H31N3O4. The minimum atomic E-state index is -0.828. The summed E-state index contributed by atoms with van der Waals surface area (Å²) in [6, 6.07) is -1.28. The summed E-state index contributed by atoms with van der Waals surface area (Å²) in [5, 5.41) is 5.51. The Balaban J connectivity index is 1.69. The predicted molar refractivity (Wildman–Crippen MR) is 99.6 cm³/mol. The fourth-order valence-corrected chi connectivity index (χ4v) is 4.49. The molecule has 3 amide bonds. The number of amides is 3. The van der Waals surface area contributed by atoms with E-state index in [-0.39, 0.29) is 29.2 Å². The number of piperidine rings is 1. The first kappa shape index (κ1) is 19.8. The molecule has 3 rings (SSSR count). The highest BCUT2D eigenvalue weighted by Gasteiger charge is 2.69. The quantitative estimate of drug-likeness (QED) is 0.617. The van der Waals surface area contributed by atoms with Gasteiger partial charge in [0.15, 0.2) is 0 Å². The van der Waals surface area contributed by atoms with Crippen LogP contribution in [0.1, 0.15) is 59.8 Å². The highest BCUT2D eigenvalue weighted by molar-refractivity contribution is 6.38. The van der Waals surface area contributed by atoms with Crippen molar-refractivity contribution in [1.29, 1.82) is 0 Å². The molecule has 4 atom stereocenters. The maximum Gasteiger partial charge on any atom is 0.289 e. The van der Waals surface area contributed by atoms with E-state index < -0.39 is 23.8 Å². The molecule has 3 aliphatic rings. The maximum absolute atomic E-state index is 13.0. The normalized spacial score (nSPS) is 28.9. The molecule has 3 fully saturated rings. The Morgan fingerprint density at radius 3 is 2.41 bits per heavy atom. The third-order valence-corrected chi connectivity index (χ3v) is 6.50. The molecule has 27 heavy (non-hydrogen) atoms. The molecule has 150 valence electrons. The summed E-state index contributed by atoms with van der Waals surface area (Å²) in [6.45, 7) is 8.28. The van der Waals surface area contributed by atoms with Crippen molar-refractivity contribution in [3.63, 3.8) is 0 Å². The van der Waals surface area contributed by atoms with Crippen LogP contribution in [0.25, 0.3) is 0 Å². The molecule has 1 aliphatic heterocycles. The minimum absolute atomic E-state index is 0.0280. The minimum Gasteiger partial charge on any atom is -0.347 e. The summed E-state index contributed by atoms with van der Waals surface area (Å²) in [5.74, 6) is -1.19. The van der Waals surface area contributed by atoms with Crippen molar-refractivity contribution in [2.45, 2.75) is 77.9 Å². The van der Waals surface area contributed by atoms with Gasteiger partial charge in [-0.05, 0) is 36.5 Å². The van der Waals surface area contributed by atoms with Gasteiger partial charge < -0.3 is 15.5 Å². The molecule has 1 heterocycles. The molecule has 0 aromatic carbocycles. The first-order valence-corrected chi connectivity index (χ1v) is 10.1. The number of hydrogen-bond donors (Lipinski definition) is 2. The zero-order valence-electron chi connectivity index (χ0n) is 16.7. The van der Waals surface area contributed by atoms with Gasteiger partial charge in [-0.2, -0.15) is 0 Å². The van der Waals surface area contributed by atoms with Crippen LogP contribution in [-0.4, -0.2) is 53.1 Å². The Morgan fingerprint density at radius 2 is 1.85 bits per heavy atom. The van der Waals surface area contributed by atoms with E-state index in [1.165, 1.54) is 6.92 Å². The fourth-order valence-electron chi connectivity index (χ4n) is 4.49. The lowest BCUT2D eigenvalue weighted by Crippen LogP contribution is -2.55. The van der Waals surface area contributed by atoms with Crippen molar-refractivity contribution in [3.05, 3.63) is 0 Å². The largest absolute Gasteiger partial charge is 0.347 e. The Labute approximate surface area is 160 Å². The van der Waals surface area contributed by atoms with Gasteiger partial charge in [0.2, 0.25) is 17.6 Å². The second kappa shape index (κ2) is 7.24. The SMILES string of the molecule is CCCCC(NC(=O)C1C2C(CN1C(C)=O)C2(C)C)C(=O)C(=O)NC1CC1. The van der Waals surface area contributed by atoms with E-state index in [1.807, 2.05) is 6.92 Å². The van der Waals surface area contributed by atoms with Gasteiger partial charge in [0.1, 0.15) is 6.04 Å². The highest BCUT2D eigenvalue weighted by Crippen LogP contribution is 2.64. The number of Topliss-reactive ketones (excluding diaryl/α,β-unsaturated/α-hetero) is 1. The van der Waals surface area contributed by atoms with Crippen LogP contribution in [-0.2, 0) is 19.2 Å². The predicted octanol–water partition coefficient (Wildman–Crippen LogP) is 1.01. The summed E-state index contributed by atoms with van der Waals surface area (Å²) in [7, 11) is 0. The summed E-state index contributed by atoms with van der Waals surface area (Å²) < 4.78 is 0. The van der Waals surface area contributed by atoms with E-state index >= 15 is 0 Å². The van der Waals surface area contributed by atoms with Gasteiger partial charge in [0, 0.05) is 19.5 Å². The lowest BCUT2D eigenvalue weighted by Gasteiger charge is -2.30. The van der Waals surface area contributed by atoms with Crippen LogP contribution in [0.15, 0.2) is 0 Å². The number of carbonyl (C=O) groups excluding carboxylic acids is 4. The number of ketones is 1. The van der Waals surface area contributed by atoms with E-state index in [4.69, 9.17) is 0 Å². The first-order chi connectivity index (χ1) is 12.7. The number of likely N-dealkylation sites (tertiary alicyclic amines) is 1.